The van der Waals surface area contributed by atoms with Crippen LogP contribution in [0.15, 0.2) is 29.0 Å². The van der Waals surface area contributed by atoms with Gasteiger partial charge in [0.25, 0.3) is 6.54 Å². The van der Waals surface area contributed by atoms with Crippen molar-refractivity contribution in [3.05, 3.63) is 40.1 Å². The fourth-order valence-electron chi connectivity index (χ4n) is 1.24. The standard InChI is InChI=1S/C9H6N2O4/c12-9(4-11(13)14)6-1-2-7-5-15-10-8(7)3-6/h1-3,5H,4H2. The Hall–Kier alpha value is -2.24. The first kappa shape index (κ1) is 9.32. The van der Waals surface area contributed by atoms with Crippen LogP contribution in [0.2, 0.25) is 0 Å². The second-order valence-electron chi connectivity index (χ2n) is 3.00. The molecule has 0 spiro atoms. The molecule has 0 aliphatic heterocycles. The summed E-state index contributed by atoms with van der Waals surface area (Å²) >= 11 is 0. The number of rotatable bonds is 3. The quantitative estimate of drug-likeness (QED) is 0.429. The molecule has 0 unspecified atom stereocenters. The third kappa shape index (κ3) is 1.83. The molecule has 1 aromatic carbocycles. The summed E-state index contributed by atoms with van der Waals surface area (Å²) in [7, 11) is 0. The molecule has 15 heavy (non-hydrogen) atoms. The zero-order chi connectivity index (χ0) is 10.8. The number of hydrogen-bond acceptors (Lipinski definition) is 5. The summed E-state index contributed by atoms with van der Waals surface area (Å²) in [6.07, 6.45) is 1.44. The molecule has 0 aliphatic rings. The number of fused-ring (bicyclic) bond motifs is 1. The van der Waals surface area contributed by atoms with Gasteiger partial charge in [0.05, 0.1) is 0 Å². The average molecular weight is 206 g/mol. The van der Waals surface area contributed by atoms with Gasteiger partial charge in [-0.05, 0) is 12.1 Å². The molecule has 0 bridgehead atoms. The van der Waals surface area contributed by atoms with Gasteiger partial charge in [0.1, 0.15) is 11.8 Å². The highest BCUT2D eigenvalue weighted by molar-refractivity contribution is 5.99. The lowest BCUT2D eigenvalue weighted by Gasteiger charge is -1.95. The van der Waals surface area contributed by atoms with Crippen LogP contribution < -0.4 is 0 Å². The number of nitro groups is 1. The van der Waals surface area contributed by atoms with E-state index >= 15 is 0 Å². The summed E-state index contributed by atoms with van der Waals surface area (Å²) in [6, 6.07) is 4.63. The van der Waals surface area contributed by atoms with E-state index in [4.69, 9.17) is 0 Å². The van der Waals surface area contributed by atoms with E-state index in [0.717, 1.165) is 5.39 Å². The summed E-state index contributed by atoms with van der Waals surface area (Å²) < 4.78 is 4.69. The molecule has 0 saturated carbocycles. The summed E-state index contributed by atoms with van der Waals surface area (Å²) in [5.41, 5.74) is 0.789. The van der Waals surface area contributed by atoms with Gasteiger partial charge in [-0.1, -0.05) is 11.2 Å². The minimum Gasteiger partial charge on any atom is -0.364 e. The van der Waals surface area contributed by atoms with Crippen molar-refractivity contribution in [2.24, 2.45) is 0 Å². The van der Waals surface area contributed by atoms with Gasteiger partial charge in [-0.15, -0.1) is 0 Å². The molecule has 76 valence electrons. The third-order valence-corrected chi connectivity index (χ3v) is 1.96. The second-order valence-corrected chi connectivity index (χ2v) is 3.00. The maximum atomic E-state index is 11.3. The Morgan fingerprint density at radius 1 is 1.53 bits per heavy atom. The van der Waals surface area contributed by atoms with Crippen LogP contribution in [-0.4, -0.2) is 22.4 Å². The Kier molecular flexibility index (Phi) is 2.17. The Balaban J connectivity index is 2.35. The van der Waals surface area contributed by atoms with Gasteiger partial charge in [0.15, 0.2) is 0 Å². The molecule has 0 saturated heterocycles. The largest absolute Gasteiger partial charge is 0.364 e. The fourth-order valence-corrected chi connectivity index (χ4v) is 1.24. The molecule has 6 heteroatoms. The van der Waals surface area contributed by atoms with Crippen LogP contribution in [0.5, 0.6) is 0 Å². The van der Waals surface area contributed by atoms with Crippen molar-refractivity contribution in [3.63, 3.8) is 0 Å². The monoisotopic (exact) mass is 206 g/mol. The van der Waals surface area contributed by atoms with Crippen molar-refractivity contribution in [2.75, 3.05) is 6.54 Å². The zero-order valence-electron chi connectivity index (χ0n) is 7.54. The third-order valence-electron chi connectivity index (χ3n) is 1.96. The van der Waals surface area contributed by atoms with Crippen molar-refractivity contribution in [3.8, 4) is 0 Å². The van der Waals surface area contributed by atoms with Crippen LogP contribution in [-0.2, 0) is 0 Å². The Morgan fingerprint density at radius 2 is 2.33 bits per heavy atom. The first-order valence-corrected chi connectivity index (χ1v) is 4.16. The molecule has 0 aliphatic carbocycles. The average Bonchev–Trinajstić information content (AvgIpc) is 2.62. The lowest BCUT2D eigenvalue weighted by Crippen LogP contribution is -2.13. The number of Topliss-reactive ketones (excluding diaryl/α,β-unsaturated/α-hetero) is 1. The number of hydrogen-bond donors (Lipinski definition) is 0. The van der Waals surface area contributed by atoms with Gasteiger partial charge >= 0.3 is 0 Å². The number of ketones is 1. The number of aromatic nitrogens is 1. The van der Waals surface area contributed by atoms with Crippen molar-refractivity contribution in [2.45, 2.75) is 0 Å². The Labute approximate surface area is 83.6 Å². The first-order valence-electron chi connectivity index (χ1n) is 4.16. The van der Waals surface area contributed by atoms with Gasteiger partial charge in [-0.2, -0.15) is 0 Å². The lowest BCUT2D eigenvalue weighted by atomic mass is 10.1. The minimum atomic E-state index is -0.705. The van der Waals surface area contributed by atoms with Gasteiger partial charge in [-0.3, -0.25) is 14.9 Å². The molecular weight excluding hydrogens is 200 g/mol. The van der Waals surface area contributed by atoms with Crippen molar-refractivity contribution in [1.29, 1.82) is 0 Å². The van der Waals surface area contributed by atoms with Gasteiger partial charge in [0.2, 0.25) is 5.78 Å². The van der Waals surface area contributed by atoms with Crippen LogP contribution in [0, 0.1) is 10.1 Å². The summed E-state index contributed by atoms with van der Waals surface area (Å²) in [5, 5.41) is 14.5. The topological polar surface area (TPSA) is 86.2 Å². The number of carbonyl (C=O) groups excluding carboxylic acids is 1. The number of nitrogens with zero attached hydrogens (tertiary/aromatic N) is 2. The van der Waals surface area contributed by atoms with Crippen LogP contribution in [0.1, 0.15) is 10.4 Å². The molecule has 2 rings (SSSR count). The minimum absolute atomic E-state index is 0.271. The Bertz CT molecular complexity index is 532. The van der Waals surface area contributed by atoms with Crippen LogP contribution in [0.4, 0.5) is 0 Å². The first-order chi connectivity index (χ1) is 7.16. The van der Waals surface area contributed by atoms with Crippen molar-refractivity contribution < 1.29 is 14.2 Å². The zero-order valence-corrected chi connectivity index (χ0v) is 7.54. The summed E-state index contributed by atoms with van der Waals surface area (Å²) in [6.45, 7) is -0.705. The maximum Gasteiger partial charge on any atom is 0.265 e. The molecular formula is C9H6N2O4. The van der Waals surface area contributed by atoms with E-state index in [2.05, 4.69) is 9.68 Å². The van der Waals surface area contributed by atoms with Crippen molar-refractivity contribution >= 4 is 16.7 Å². The molecule has 1 aromatic heterocycles. The van der Waals surface area contributed by atoms with E-state index < -0.39 is 17.3 Å². The number of carbonyl (C=O) groups is 1. The smallest absolute Gasteiger partial charge is 0.265 e. The summed E-state index contributed by atoms with van der Waals surface area (Å²) in [5.74, 6) is -0.537. The lowest BCUT2D eigenvalue weighted by molar-refractivity contribution is -0.465. The highest BCUT2D eigenvalue weighted by Gasteiger charge is 2.13. The molecule has 1 heterocycles. The molecule has 0 amide bonds. The van der Waals surface area contributed by atoms with Gasteiger partial charge in [-0.25, -0.2) is 0 Å². The van der Waals surface area contributed by atoms with E-state index in [1.807, 2.05) is 0 Å². The molecule has 0 atom stereocenters. The fraction of sp³-hybridized carbons (Fsp3) is 0.111. The molecule has 0 radical (unpaired) electrons. The summed E-state index contributed by atoms with van der Waals surface area (Å²) in [4.78, 5) is 20.8. The second kappa shape index (κ2) is 3.49. The highest BCUT2D eigenvalue weighted by Crippen LogP contribution is 2.14. The highest BCUT2D eigenvalue weighted by atomic mass is 16.6. The molecule has 2 aromatic rings. The van der Waals surface area contributed by atoms with Crippen LogP contribution in [0.25, 0.3) is 10.9 Å². The number of benzene rings is 1. The van der Waals surface area contributed by atoms with E-state index in [1.165, 1.54) is 18.4 Å². The predicted octanol–water partition coefficient (Wildman–Crippen LogP) is 1.29. The maximum absolute atomic E-state index is 11.3. The van der Waals surface area contributed by atoms with E-state index in [-0.39, 0.29) is 5.56 Å². The molecule has 6 nitrogen and oxygen atoms in total. The van der Waals surface area contributed by atoms with Crippen molar-refractivity contribution in [1.82, 2.24) is 5.16 Å². The van der Waals surface area contributed by atoms with Gasteiger partial charge in [0, 0.05) is 15.9 Å². The molecule has 0 fully saturated rings. The van der Waals surface area contributed by atoms with E-state index in [1.54, 1.807) is 6.07 Å². The SMILES string of the molecule is O=C(C[N+](=O)[O-])c1ccc2conc2c1. The van der Waals surface area contributed by atoms with Gasteiger partial charge < -0.3 is 4.52 Å². The Morgan fingerprint density at radius 3 is 3.07 bits per heavy atom. The normalized spacial score (nSPS) is 10.4. The van der Waals surface area contributed by atoms with Crippen LogP contribution >= 0.6 is 0 Å². The predicted molar refractivity (Wildman–Crippen MR) is 50.2 cm³/mol. The van der Waals surface area contributed by atoms with E-state index in [0.29, 0.717) is 5.52 Å². The van der Waals surface area contributed by atoms with Crippen LogP contribution in [0.3, 0.4) is 0 Å². The van der Waals surface area contributed by atoms with E-state index in [9.17, 15) is 14.9 Å². The molecule has 0 N–H and O–H groups in total.